The molecule has 46 heavy (non-hydrogen) atoms. The number of benzene rings is 3. The summed E-state index contributed by atoms with van der Waals surface area (Å²) >= 11 is 19.3. The van der Waals surface area contributed by atoms with Crippen LogP contribution in [0, 0.1) is 0 Å². The van der Waals surface area contributed by atoms with Crippen molar-refractivity contribution in [3.63, 3.8) is 0 Å². The summed E-state index contributed by atoms with van der Waals surface area (Å²) in [4.78, 5) is 24.6. The van der Waals surface area contributed by atoms with Gasteiger partial charge in [0.05, 0.1) is 40.5 Å². The summed E-state index contributed by atoms with van der Waals surface area (Å²) in [6.07, 6.45) is 0.366. The van der Waals surface area contributed by atoms with E-state index in [1.165, 1.54) is 13.3 Å². The molecule has 0 aliphatic carbocycles. The maximum atomic E-state index is 12.5. The molecular formula is C31H30Br2Cl2N4O7. The summed E-state index contributed by atoms with van der Waals surface area (Å²) in [6, 6.07) is 12.6. The van der Waals surface area contributed by atoms with Crippen LogP contribution in [0.1, 0.15) is 36.6 Å². The summed E-state index contributed by atoms with van der Waals surface area (Å²) in [5.41, 5.74) is 5.35. The van der Waals surface area contributed by atoms with Gasteiger partial charge >= 0.3 is 12.0 Å². The van der Waals surface area contributed by atoms with E-state index in [0.29, 0.717) is 59.7 Å². The van der Waals surface area contributed by atoms with Crippen LogP contribution in [0.3, 0.4) is 0 Å². The Hall–Kier alpha value is -3.49. The lowest BCUT2D eigenvalue weighted by Gasteiger charge is -2.28. The Bertz CT molecular complexity index is 1650. The van der Waals surface area contributed by atoms with Gasteiger partial charge in [0, 0.05) is 21.3 Å². The van der Waals surface area contributed by atoms with Crippen LogP contribution in [-0.4, -0.2) is 49.9 Å². The topological polar surface area (TPSA) is 140 Å². The number of esters is 1. The van der Waals surface area contributed by atoms with Crippen molar-refractivity contribution in [2.75, 3.05) is 20.3 Å². The van der Waals surface area contributed by atoms with E-state index in [1.807, 2.05) is 6.92 Å². The number of urea groups is 1. The van der Waals surface area contributed by atoms with E-state index in [0.717, 1.165) is 5.56 Å². The van der Waals surface area contributed by atoms with Crippen molar-refractivity contribution in [1.82, 2.24) is 16.1 Å². The Kier molecular flexibility index (Phi) is 12.6. The van der Waals surface area contributed by atoms with E-state index in [4.69, 9.17) is 42.1 Å². The SMILES string of the molecule is CCOc1cc([C@@H]2NC(=O)NC(C)=C2C(=O)OC)ccc1OC[C@@H](O)N/N=C\c1cc(Br)c(OCc2ccc(Cl)cc2Cl)c(Br)c1. The van der Waals surface area contributed by atoms with Gasteiger partial charge in [-0.05, 0) is 93.2 Å². The number of hydrogen-bond donors (Lipinski definition) is 4. The fourth-order valence-corrected chi connectivity index (χ4v) is 6.31. The Morgan fingerprint density at radius 2 is 1.83 bits per heavy atom. The number of carbonyl (C=O) groups is 2. The third-order valence-corrected chi connectivity index (χ3v) is 8.28. The number of hydrogen-bond acceptors (Lipinski definition) is 9. The highest BCUT2D eigenvalue weighted by Crippen LogP contribution is 2.36. The normalized spacial score (nSPS) is 15.2. The van der Waals surface area contributed by atoms with Crippen LogP contribution in [0.2, 0.25) is 10.0 Å². The molecule has 15 heteroatoms. The summed E-state index contributed by atoms with van der Waals surface area (Å²) in [5, 5.41) is 21.0. The fraction of sp³-hybridized carbons (Fsp3) is 0.258. The van der Waals surface area contributed by atoms with Crippen molar-refractivity contribution >= 4 is 73.3 Å². The van der Waals surface area contributed by atoms with Crippen LogP contribution in [0.15, 0.2) is 73.8 Å². The number of carbonyl (C=O) groups excluding carboxylic acids is 2. The lowest BCUT2D eigenvalue weighted by Crippen LogP contribution is -2.45. The van der Waals surface area contributed by atoms with E-state index < -0.39 is 24.3 Å². The van der Waals surface area contributed by atoms with Gasteiger partial charge in [-0.25, -0.2) is 9.59 Å². The standard InChI is InChI=1S/C31H30Br2Cl2N4O7/c1-4-44-25-11-18(28-27(30(41)43-3)16(2)37-31(42)38-28)6-8-24(25)45-15-26(40)39-36-13-17-9-21(32)29(22(33)10-17)46-14-19-5-7-20(34)12-23(19)35/h5-13,26,28,39-40H,4,14-15H2,1-3H3,(H2,37,38,42)/b36-13-/t26-,28+/m1/s1. The maximum absolute atomic E-state index is 12.5. The number of aliphatic hydroxyl groups is 1. The molecule has 2 amide bonds. The Labute approximate surface area is 292 Å². The predicted octanol–water partition coefficient (Wildman–Crippen LogP) is 6.62. The molecule has 3 aromatic rings. The second-order valence-electron chi connectivity index (χ2n) is 9.75. The van der Waals surface area contributed by atoms with E-state index in [9.17, 15) is 14.7 Å². The van der Waals surface area contributed by atoms with E-state index >= 15 is 0 Å². The number of methoxy groups -OCH3 is 1. The van der Waals surface area contributed by atoms with Gasteiger partial charge in [0.1, 0.15) is 19.0 Å². The van der Waals surface area contributed by atoms with Gasteiger partial charge in [-0.2, -0.15) is 5.10 Å². The first-order chi connectivity index (χ1) is 22.0. The number of halogens is 4. The molecule has 244 valence electrons. The average molecular weight is 801 g/mol. The molecule has 0 fully saturated rings. The molecule has 3 aromatic carbocycles. The van der Waals surface area contributed by atoms with Gasteiger partial charge < -0.3 is 34.7 Å². The van der Waals surface area contributed by atoms with Gasteiger partial charge in [-0.15, -0.1) is 0 Å². The average Bonchev–Trinajstić information content (AvgIpc) is 3.00. The van der Waals surface area contributed by atoms with E-state index in [1.54, 1.807) is 55.5 Å². The van der Waals surface area contributed by atoms with Gasteiger partial charge in [0.25, 0.3) is 0 Å². The fourth-order valence-electron chi connectivity index (χ4n) is 4.40. The van der Waals surface area contributed by atoms with Crippen LogP contribution in [0.25, 0.3) is 0 Å². The summed E-state index contributed by atoms with van der Waals surface area (Å²) < 4.78 is 23.8. The summed E-state index contributed by atoms with van der Waals surface area (Å²) in [5.74, 6) is 0.711. The molecule has 4 N–H and O–H groups in total. The zero-order valence-corrected chi connectivity index (χ0v) is 29.5. The molecule has 2 atom stereocenters. The van der Waals surface area contributed by atoms with Crippen LogP contribution in [0.4, 0.5) is 4.79 Å². The van der Waals surface area contributed by atoms with Crippen molar-refractivity contribution in [2.45, 2.75) is 32.7 Å². The molecule has 4 rings (SSSR count). The molecule has 0 spiro atoms. The molecule has 0 bridgehead atoms. The first kappa shape index (κ1) is 35.4. The van der Waals surface area contributed by atoms with Crippen LogP contribution >= 0.6 is 55.1 Å². The molecule has 1 aliphatic rings. The van der Waals surface area contributed by atoms with E-state index in [2.05, 4.69) is 53.0 Å². The Balaban J connectivity index is 1.37. The van der Waals surface area contributed by atoms with Crippen molar-refractivity contribution in [3.05, 3.63) is 95.5 Å². The number of nitrogens with zero attached hydrogens (tertiary/aromatic N) is 1. The smallest absolute Gasteiger partial charge is 0.337 e. The van der Waals surface area contributed by atoms with Gasteiger partial charge in [-0.3, -0.25) is 5.43 Å². The quantitative estimate of drug-likeness (QED) is 0.0656. The number of aliphatic hydroxyl groups excluding tert-OH is 1. The summed E-state index contributed by atoms with van der Waals surface area (Å²) in [6.45, 7) is 3.83. The van der Waals surface area contributed by atoms with Crippen molar-refractivity contribution in [2.24, 2.45) is 5.10 Å². The minimum Gasteiger partial charge on any atom is -0.490 e. The molecule has 0 aromatic heterocycles. The van der Waals surface area contributed by atoms with Crippen molar-refractivity contribution in [3.8, 4) is 17.2 Å². The van der Waals surface area contributed by atoms with Gasteiger partial charge in [0.15, 0.2) is 17.7 Å². The van der Waals surface area contributed by atoms with Crippen molar-refractivity contribution < 1.29 is 33.6 Å². The Morgan fingerprint density at radius 3 is 2.50 bits per heavy atom. The third kappa shape index (κ3) is 9.07. The second-order valence-corrected chi connectivity index (χ2v) is 12.3. The molecule has 0 unspecified atom stereocenters. The predicted molar refractivity (Wildman–Crippen MR) is 182 cm³/mol. The minimum atomic E-state index is -1.16. The first-order valence-corrected chi connectivity index (χ1v) is 16.1. The second kappa shape index (κ2) is 16.4. The highest BCUT2D eigenvalue weighted by molar-refractivity contribution is 9.11. The third-order valence-electron chi connectivity index (χ3n) is 6.52. The minimum absolute atomic E-state index is 0.166. The largest absolute Gasteiger partial charge is 0.490 e. The zero-order valence-electron chi connectivity index (χ0n) is 24.8. The molecule has 11 nitrogen and oxygen atoms in total. The lowest BCUT2D eigenvalue weighted by molar-refractivity contribution is -0.136. The Morgan fingerprint density at radius 1 is 1.09 bits per heavy atom. The van der Waals surface area contributed by atoms with Crippen LogP contribution in [0.5, 0.6) is 17.2 Å². The number of hydrazone groups is 1. The van der Waals surface area contributed by atoms with Crippen LogP contribution < -0.4 is 30.3 Å². The molecule has 0 saturated carbocycles. The first-order valence-electron chi connectivity index (χ1n) is 13.8. The van der Waals surface area contributed by atoms with E-state index in [-0.39, 0.29) is 18.8 Å². The number of rotatable bonds is 13. The molecule has 0 saturated heterocycles. The number of amides is 2. The van der Waals surface area contributed by atoms with Gasteiger partial charge in [0.2, 0.25) is 0 Å². The number of allylic oxidation sites excluding steroid dienone is 1. The zero-order chi connectivity index (χ0) is 33.4. The molecule has 0 radical (unpaired) electrons. The van der Waals surface area contributed by atoms with Crippen molar-refractivity contribution in [1.29, 1.82) is 0 Å². The summed E-state index contributed by atoms with van der Waals surface area (Å²) in [7, 11) is 1.27. The lowest BCUT2D eigenvalue weighted by atomic mass is 9.95. The maximum Gasteiger partial charge on any atom is 0.337 e. The monoisotopic (exact) mass is 798 g/mol. The highest BCUT2D eigenvalue weighted by atomic mass is 79.9. The number of nitrogens with one attached hydrogen (secondary N) is 3. The van der Waals surface area contributed by atoms with Crippen LogP contribution in [-0.2, 0) is 16.1 Å². The molecule has 1 heterocycles. The molecule has 1 aliphatic heterocycles. The van der Waals surface area contributed by atoms with Gasteiger partial charge in [-0.1, -0.05) is 35.3 Å². The highest BCUT2D eigenvalue weighted by Gasteiger charge is 2.32. The number of ether oxygens (including phenoxy) is 4. The molecular weight excluding hydrogens is 771 g/mol.